The van der Waals surface area contributed by atoms with Crippen LogP contribution >= 0.6 is 0 Å². The minimum absolute atomic E-state index is 0.437. The van der Waals surface area contributed by atoms with Gasteiger partial charge in [-0.2, -0.15) is 0 Å². The van der Waals surface area contributed by atoms with E-state index in [1.807, 2.05) is 0 Å². The van der Waals surface area contributed by atoms with Gasteiger partial charge in [-0.1, -0.05) is 13.8 Å². The third-order valence-corrected chi connectivity index (χ3v) is 4.52. The third-order valence-electron chi connectivity index (χ3n) is 4.52. The predicted octanol–water partition coefficient (Wildman–Crippen LogP) is 1.14. The molecule has 2 unspecified atom stereocenters. The summed E-state index contributed by atoms with van der Waals surface area (Å²) in [7, 11) is 0. The maximum absolute atomic E-state index is 6.08. The molecule has 2 atom stereocenters. The first kappa shape index (κ1) is 12.3. The molecule has 2 aliphatic rings. The van der Waals surface area contributed by atoms with Gasteiger partial charge in [0.2, 0.25) is 0 Å². The SMILES string of the molecule is CCN1CCC(N2CCC(N)C(C)C2)CC1. The van der Waals surface area contributed by atoms with Gasteiger partial charge in [0, 0.05) is 18.6 Å². The lowest BCUT2D eigenvalue weighted by Crippen LogP contribution is -2.52. The maximum Gasteiger partial charge on any atom is 0.0120 e. The Labute approximate surface area is 100.0 Å². The Morgan fingerprint density at radius 3 is 2.38 bits per heavy atom. The second-order valence-electron chi connectivity index (χ2n) is 5.59. The van der Waals surface area contributed by atoms with Crippen LogP contribution in [0.5, 0.6) is 0 Å². The highest BCUT2D eigenvalue weighted by molar-refractivity contribution is 4.86. The minimum atomic E-state index is 0.437. The minimum Gasteiger partial charge on any atom is -0.327 e. The number of nitrogens with two attached hydrogens (primary N) is 1. The normalized spacial score (nSPS) is 35.4. The molecule has 3 nitrogen and oxygen atoms in total. The third kappa shape index (κ3) is 2.76. The monoisotopic (exact) mass is 225 g/mol. The zero-order chi connectivity index (χ0) is 11.5. The van der Waals surface area contributed by atoms with Gasteiger partial charge in [0.05, 0.1) is 0 Å². The summed E-state index contributed by atoms with van der Waals surface area (Å²) < 4.78 is 0. The first-order valence-corrected chi connectivity index (χ1v) is 6.92. The van der Waals surface area contributed by atoms with Crippen LogP contribution < -0.4 is 5.73 Å². The molecule has 3 heteroatoms. The average Bonchev–Trinajstić information content (AvgIpc) is 2.33. The van der Waals surface area contributed by atoms with E-state index in [2.05, 4.69) is 23.6 Å². The lowest BCUT2D eigenvalue weighted by Gasteiger charge is -2.43. The Hall–Kier alpha value is -0.120. The summed E-state index contributed by atoms with van der Waals surface area (Å²) >= 11 is 0. The second-order valence-corrected chi connectivity index (χ2v) is 5.59. The Balaban J connectivity index is 1.81. The fourth-order valence-corrected chi connectivity index (χ4v) is 3.13. The molecule has 0 aliphatic carbocycles. The van der Waals surface area contributed by atoms with Crippen LogP contribution in [0.15, 0.2) is 0 Å². The summed E-state index contributed by atoms with van der Waals surface area (Å²) in [5.41, 5.74) is 6.08. The number of nitrogens with zero attached hydrogens (tertiary/aromatic N) is 2. The predicted molar refractivity (Wildman–Crippen MR) is 68.5 cm³/mol. The van der Waals surface area contributed by atoms with Crippen LogP contribution in [-0.2, 0) is 0 Å². The van der Waals surface area contributed by atoms with Crippen molar-refractivity contribution >= 4 is 0 Å². The highest BCUT2D eigenvalue weighted by atomic mass is 15.2. The van der Waals surface area contributed by atoms with Crippen LogP contribution in [0.25, 0.3) is 0 Å². The zero-order valence-corrected chi connectivity index (χ0v) is 10.9. The van der Waals surface area contributed by atoms with Crippen LogP contribution in [0.4, 0.5) is 0 Å². The van der Waals surface area contributed by atoms with Crippen molar-refractivity contribution < 1.29 is 0 Å². The van der Waals surface area contributed by atoms with Crippen molar-refractivity contribution in [3.8, 4) is 0 Å². The average molecular weight is 225 g/mol. The number of rotatable bonds is 2. The summed E-state index contributed by atoms with van der Waals surface area (Å²) in [6, 6.07) is 1.27. The standard InChI is InChI=1S/C13H27N3/c1-3-15-7-4-12(5-8-15)16-9-6-13(14)11(2)10-16/h11-13H,3-10,14H2,1-2H3. The molecular weight excluding hydrogens is 198 g/mol. The van der Waals surface area contributed by atoms with E-state index in [0.29, 0.717) is 12.0 Å². The second kappa shape index (κ2) is 5.48. The van der Waals surface area contributed by atoms with E-state index in [0.717, 1.165) is 6.04 Å². The van der Waals surface area contributed by atoms with Gasteiger partial charge in [0.25, 0.3) is 0 Å². The molecule has 2 fully saturated rings. The van der Waals surface area contributed by atoms with Crippen molar-refractivity contribution in [2.75, 3.05) is 32.7 Å². The Bertz CT molecular complexity index is 211. The van der Waals surface area contributed by atoms with Gasteiger partial charge in [-0.05, 0) is 51.4 Å². The van der Waals surface area contributed by atoms with E-state index in [1.165, 1.54) is 52.0 Å². The first-order chi connectivity index (χ1) is 7.70. The van der Waals surface area contributed by atoms with Crippen LogP contribution in [0, 0.1) is 5.92 Å². The Morgan fingerprint density at radius 1 is 1.12 bits per heavy atom. The maximum atomic E-state index is 6.08. The van der Waals surface area contributed by atoms with Gasteiger partial charge in [0.1, 0.15) is 0 Å². The van der Waals surface area contributed by atoms with Crippen molar-refractivity contribution in [1.29, 1.82) is 0 Å². The Kier molecular flexibility index (Phi) is 4.22. The lowest BCUT2D eigenvalue weighted by atomic mass is 9.91. The van der Waals surface area contributed by atoms with Gasteiger partial charge in [-0.15, -0.1) is 0 Å². The molecule has 0 bridgehead atoms. The van der Waals surface area contributed by atoms with Crippen LogP contribution in [0.1, 0.15) is 33.1 Å². The molecule has 0 aromatic heterocycles. The summed E-state index contributed by atoms with van der Waals surface area (Å²) in [6.07, 6.45) is 3.90. The number of hydrogen-bond acceptors (Lipinski definition) is 3. The topological polar surface area (TPSA) is 32.5 Å². The summed E-state index contributed by atoms with van der Waals surface area (Å²) in [6.45, 7) is 10.8. The lowest BCUT2D eigenvalue weighted by molar-refractivity contribution is 0.0695. The van der Waals surface area contributed by atoms with E-state index in [4.69, 9.17) is 5.73 Å². The molecule has 0 aromatic rings. The molecule has 0 spiro atoms. The molecule has 0 radical (unpaired) electrons. The fourth-order valence-electron chi connectivity index (χ4n) is 3.13. The molecule has 2 rings (SSSR count). The van der Waals surface area contributed by atoms with Crippen LogP contribution in [-0.4, -0.2) is 54.6 Å². The summed E-state index contributed by atoms with van der Waals surface area (Å²) in [4.78, 5) is 5.26. The highest BCUT2D eigenvalue weighted by Gasteiger charge is 2.29. The number of likely N-dealkylation sites (tertiary alicyclic amines) is 2. The van der Waals surface area contributed by atoms with Crippen molar-refractivity contribution in [3.63, 3.8) is 0 Å². The largest absolute Gasteiger partial charge is 0.327 e. The van der Waals surface area contributed by atoms with E-state index >= 15 is 0 Å². The number of hydrogen-bond donors (Lipinski definition) is 1. The zero-order valence-electron chi connectivity index (χ0n) is 10.9. The first-order valence-electron chi connectivity index (χ1n) is 6.92. The molecule has 2 heterocycles. The van der Waals surface area contributed by atoms with Crippen LogP contribution in [0.2, 0.25) is 0 Å². The number of piperidine rings is 2. The van der Waals surface area contributed by atoms with Gasteiger partial charge in [0.15, 0.2) is 0 Å². The highest BCUT2D eigenvalue weighted by Crippen LogP contribution is 2.22. The van der Waals surface area contributed by atoms with E-state index in [1.54, 1.807) is 0 Å². The van der Waals surface area contributed by atoms with Crippen molar-refractivity contribution in [1.82, 2.24) is 9.80 Å². The fraction of sp³-hybridized carbons (Fsp3) is 1.00. The Morgan fingerprint density at radius 2 is 1.81 bits per heavy atom. The molecule has 0 amide bonds. The molecule has 94 valence electrons. The molecule has 2 N–H and O–H groups in total. The van der Waals surface area contributed by atoms with Crippen molar-refractivity contribution in [2.45, 2.75) is 45.2 Å². The molecule has 2 saturated heterocycles. The van der Waals surface area contributed by atoms with Gasteiger partial charge >= 0.3 is 0 Å². The van der Waals surface area contributed by atoms with Crippen molar-refractivity contribution in [3.05, 3.63) is 0 Å². The quantitative estimate of drug-likeness (QED) is 0.765. The van der Waals surface area contributed by atoms with Crippen molar-refractivity contribution in [2.24, 2.45) is 11.7 Å². The smallest absolute Gasteiger partial charge is 0.0120 e. The molecule has 0 aromatic carbocycles. The molecule has 0 saturated carbocycles. The van der Waals surface area contributed by atoms with E-state index in [-0.39, 0.29) is 0 Å². The van der Waals surface area contributed by atoms with Gasteiger partial charge in [-0.3, -0.25) is 4.90 Å². The molecule has 16 heavy (non-hydrogen) atoms. The van der Waals surface area contributed by atoms with Gasteiger partial charge in [-0.25, -0.2) is 0 Å². The summed E-state index contributed by atoms with van der Waals surface area (Å²) in [5.74, 6) is 0.679. The van der Waals surface area contributed by atoms with E-state index in [9.17, 15) is 0 Å². The van der Waals surface area contributed by atoms with Gasteiger partial charge < -0.3 is 10.6 Å². The van der Waals surface area contributed by atoms with Crippen LogP contribution in [0.3, 0.4) is 0 Å². The summed E-state index contributed by atoms with van der Waals surface area (Å²) in [5, 5.41) is 0. The molecular formula is C13H27N3. The van der Waals surface area contributed by atoms with E-state index < -0.39 is 0 Å². The molecule has 2 aliphatic heterocycles.